The molecule has 1 aromatic carbocycles. The maximum atomic E-state index is 12.3. The highest BCUT2D eigenvalue weighted by Crippen LogP contribution is 2.23. The molecule has 3 N–H and O–H groups in total. The molecule has 27 heavy (non-hydrogen) atoms. The van der Waals surface area contributed by atoms with Crippen LogP contribution in [0.5, 0.6) is 0 Å². The maximum Gasteiger partial charge on any atom is 0.251 e. The smallest absolute Gasteiger partial charge is 0.251 e. The highest BCUT2D eigenvalue weighted by atomic mass is 16.5. The van der Waals surface area contributed by atoms with E-state index in [1.54, 1.807) is 24.3 Å². The second-order valence-corrected chi connectivity index (χ2v) is 7.77. The van der Waals surface area contributed by atoms with Gasteiger partial charge in [0.05, 0.1) is 0 Å². The molecule has 0 aromatic heterocycles. The quantitative estimate of drug-likeness (QED) is 0.716. The zero-order chi connectivity index (χ0) is 19.1. The summed E-state index contributed by atoms with van der Waals surface area (Å²) in [6.45, 7) is 5.65. The number of carbonyl (C=O) groups excluding carboxylic acids is 2. The predicted molar refractivity (Wildman–Crippen MR) is 106 cm³/mol. The molecule has 1 aromatic rings. The van der Waals surface area contributed by atoms with Gasteiger partial charge in [0.25, 0.3) is 5.91 Å². The Morgan fingerprint density at radius 2 is 1.93 bits per heavy atom. The highest BCUT2D eigenvalue weighted by molar-refractivity contribution is 5.96. The van der Waals surface area contributed by atoms with Crippen molar-refractivity contribution in [1.29, 1.82) is 0 Å². The molecule has 0 aliphatic carbocycles. The van der Waals surface area contributed by atoms with Gasteiger partial charge in [0.15, 0.2) is 0 Å². The van der Waals surface area contributed by atoms with Crippen LogP contribution in [0.4, 0.5) is 5.69 Å². The Morgan fingerprint density at radius 3 is 2.59 bits per heavy atom. The number of benzene rings is 1. The lowest BCUT2D eigenvalue weighted by molar-refractivity contribution is -0.117. The second kappa shape index (κ2) is 9.85. The number of hydrogen-bond donors (Lipinski definition) is 3. The fraction of sp³-hybridized carbons (Fsp3) is 0.619. The largest absolute Gasteiger partial charge is 0.381 e. The average molecular weight is 373 g/mol. The summed E-state index contributed by atoms with van der Waals surface area (Å²) in [4.78, 5) is 24.6. The molecule has 0 saturated carbocycles. The third-order valence-electron chi connectivity index (χ3n) is 5.63. The van der Waals surface area contributed by atoms with Crippen LogP contribution in [0.2, 0.25) is 0 Å². The number of hydrogen-bond acceptors (Lipinski definition) is 4. The van der Waals surface area contributed by atoms with E-state index in [9.17, 15) is 9.59 Å². The molecule has 3 rings (SSSR count). The van der Waals surface area contributed by atoms with Crippen molar-refractivity contribution in [2.24, 2.45) is 11.8 Å². The van der Waals surface area contributed by atoms with Crippen molar-refractivity contribution in [2.45, 2.75) is 45.1 Å². The molecule has 2 atom stereocenters. The first kappa shape index (κ1) is 19.8. The Hall–Kier alpha value is -1.92. The van der Waals surface area contributed by atoms with Crippen LogP contribution in [-0.2, 0) is 9.53 Å². The van der Waals surface area contributed by atoms with Gasteiger partial charge in [-0.3, -0.25) is 9.59 Å². The van der Waals surface area contributed by atoms with Crippen LogP contribution in [-0.4, -0.2) is 44.2 Å². The molecule has 2 heterocycles. The van der Waals surface area contributed by atoms with Crippen molar-refractivity contribution in [2.75, 3.05) is 31.6 Å². The van der Waals surface area contributed by atoms with Gasteiger partial charge in [-0.1, -0.05) is 6.92 Å². The summed E-state index contributed by atoms with van der Waals surface area (Å²) in [5.41, 5.74) is 1.35. The molecule has 6 nitrogen and oxygen atoms in total. The van der Waals surface area contributed by atoms with Crippen LogP contribution in [0.3, 0.4) is 0 Å². The lowest BCUT2D eigenvalue weighted by Gasteiger charge is -2.28. The van der Waals surface area contributed by atoms with Gasteiger partial charge in [0.2, 0.25) is 5.91 Å². The average Bonchev–Trinajstić information content (AvgIpc) is 2.70. The molecule has 2 fully saturated rings. The lowest BCUT2D eigenvalue weighted by atomic mass is 9.85. The minimum absolute atomic E-state index is 0.0347. The van der Waals surface area contributed by atoms with E-state index in [1.807, 2.05) is 0 Å². The van der Waals surface area contributed by atoms with Gasteiger partial charge in [-0.2, -0.15) is 0 Å². The van der Waals surface area contributed by atoms with Crippen molar-refractivity contribution in [3.63, 3.8) is 0 Å². The molecule has 2 unspecified atom stereocenters. The van der Waals surface area contributed by atoms with Gasteiger partial charge in [0, 0.05) is 36.9 Å². The van der Waals surface area contributed by atoms with Crippen molar-refractivity contribution in [1.82, 2.24) is 10.6 Å². The summed E-state index contributed by atoms with van der Waals surface area (Å²) >= 11 is 0. The Morgan fingerprint density at radius 1 is 1.19 bits per heavy atom. The molecular weight excluding hydrogens is 342 g/mol. The molecule has 0 radical (unpaired) electrons. The van der Waals surface area contributed by atoms with Crippen LogP contribution in [0.1, 0.15) is 49.4 Å². The Balaban J connectivity index is 1.46. The number of nitrogens with one attached hydrogen (secondary N) is 3. The summed E-state index contributed by atoms with van der Waals surface area (Å²) < 4.78 is 5.31. The van der Waals surface area contributed by atoms with Gasteiger partial charge in [0.1, 0.15) is 0 Å². The Kier molecular flexibility index (Phi) is 7.24. The van der Waals surface area contributed by atoms with Crippen LogP contribution in [0.25, 0.3) is 0 Å². The normalized spacial score (nSPS) is 22.0. The van der Waals surface area contributed by atoms with E-state index in [0.29, 0.717) is 37.0 Å². The summed E-state index contributed by atoms with van der Waals surface area (Å²) in [6, 6.07) is 7.30. The summed E-state index contributed by atoms with van der Waals surface area (Å²) in [7, 11) is 0. The van der Waals surface area contributed by atoms with Crippen LogP contribution in [0, 0.1) is 11.8 Å². The predicted octanol–water partition coefficient (Wildman–Crippen LogP) is 2.56. The summed E-state index contributed by atoms with van der Waals surface area (Å²) in [5.74, 6) is 0.897. The van der Waals surface area contributed by atoms with Crippen LogP contribution < -0.4 is 16.0 Å². The van der Waals surface area contributed by atoms with E-state index in [2.05, 4.69) is 22.9 Å². The zero-order valence-electron chi connectivity index (χ0n) is 16.1. The number of carbonyl (C=O) groups is 2. The molecule has 2 aliphatic heterocycles. The van der Waals surface area contributed by atoms with E-state index in [0.717, 1.165) is 31.6 Å². The first-order valence-electron chi connectivity index (χ1n) is 10.1. The molecule has 0 bridgehead atoms. The number of piperidine rings is 1. The van der Waals surface area contributed by atoms with Gasteiger partial charge in [-0.15, -0.1) is 0 Å². The molecule has 2 amide bonds. The topological polar surface area (TPSA) is 79.5 Å². The number of ether oxygens (including phenoxy) is 1. The van der Waals surface area contributed by atoms with Crippen molar-refractivity contribution in [3.05, 3.63) is 29.8 Å². The molecule has 0 spiro atoms. The number of anilines is 1. The van der Waals surface area contributed by atoms with E-state index in [-0.39, 0.29) is 17.9 Å². The minimum Gasteiger partial charge on any atom is -0.381 e. The molecule has 2 saturated heterocycles. The third kappa shape index (κ3) is 6.04. The fourth-order valence-corrected chi connectivity index (χ4v) is 3.85. The number of amides is 2. The summed E-state index contributed by atoms with van der Waals surface area (Å²) in [6.07, 6.45) is 4.62. The molecule has 148 valence electrons. The molecular formula is C21H31N3O3. The third-order valence-corrected chi connectivity index (χ3v) is 5.63. The first-order valence-corrected chi connectivity index (χ1v) is 10.1. The summed E-state index contributed by atoms with van der Waals surface area (Å²) in [5, 5.41) is 9.41. The van der Waals surface area contributed by atoms with Gasteiger partial charge in [-0.25, -0.2) is 0 Å². The van der Waals surface area contributed by atoms with E-state index < -0.39 is 0 Å². The van der Waals surface area contributed by atoms with Crippen molar-refractivity contribution >= 4 is 17.5 Å². The second-order valence-electron chi connectivity index (χ2n) is 7.77. The minimum atomic E-state index is -0.0711. The van der Waals surface area contributed by atoms with Crippen molar-refractivity contribution < 1.29 is 14.3 Å². The zero-order valence-corrected chi connectivity index (χ0v) is 16.1. The maximum absolute atomic E-state index is 12.3. The van der Waals surface area contributed by atoms with Crippen LogP contribution in [0.15, 0.2) is 24.3 Å². The Bertz CT molecular complexity index is 620. The molecule has 2 aliphatic rings. The van der Waals surface area contributed by atoms with E-state index in [4.69, 9.17) is 4.74 Å². The van der Waals surface area contributed by atoms with Crippen molar-refractivity contribution in [3.8, 4) is 0 Å². The van der Waals surface area contributed by atoms with Gasteiger partial charge >= 0.3 is 0 Å². The van der Waals surface area contributed by atoms with Gasteiger partial charge in [-0.05, 0) is 74.9 Å². The standard InChI is InChI=1S/C21H31N3O3/c1-15(17-3-2-10-22-14-17)13-20(25)23-18-6-4-16(5-7-18)21(26)24-19-8-11-27-12-9-19/h4-7,15,17,19,22H,2-3,8-14H2,1H3,(H,23,25)(H,24,26). The number of rotatable bonds is 6. The fourth-order valence-electron chi connectivity index (χ4n) is 3.85. The highest BCUT2D eigenvalue weighted by Gasteiger charge is 2.22. The van der Waals surface area contributed by atoms with E-state index >= 15 is 0 Å². The SMILES string of the molecule is CC(CC(=O)Nc1ccc(C(=O)NC2CCOCC2)cc1)C1CCCNC1. The Labute approximate surface area is 161 Å². The first-order chi connectivity index (χ1) is 13.1. The lowest BCUT2D eigenvalue weighted by Crippen LogP contribution is -2.38. The van der Waals surface area contributed by atoms with Crippen LogP contribution >= 0.6 is 0 Å². The monoisotopic (exact) mass is 373 g/mol. The van der Waals surface area contributed by atoms with E-state index in [1.165, 1.54) is 12.8 Å². The van der Waals surface area contributed by atoms with Gasteiger partial charge < -0.3 is 20.7 Å². The molecule has 6 heteroatoms.